The molecule has 0 N–H and O–H groups in total. The molecule has 0 saturated heterocycles. The van der Waals surface area contributed by atoms with Crippen molar-refractivity contribution >= 4 is 15.9 Å². The number of benzene rings is 3. The van der Waals surface area contributed by atoms with E-state index in [1.807, 2.05) is 84.9 Å². The summed E-state index contributed by atoms with van der Waals surface area (Å²) in [6.45, 7) is 0. The maximum Gasteiger partial charge on any atom is 0.165 e. The van der Waals surface area contributed by atoms with Gasteiger partial charge in [0.25, 0.3) is 0 Å². The third-order valence-electron chi connectivity index (χ3n) is 3.81. The van der Waals surface area contributed by atoms with Gasteiger partial charge < -0.3 is 0 Å². The molecule has 0 fully saturated rings. The highest BCUT2D eigenvalue weighted by atomic mass is 79.9. The second-order valence-electron chi connectivity index (χ2n) is 5.52. The average Bonchev–Trinajstić information content (AvgIpc) is 2.69. The minimum absolute atomic E-state index is 0.653. The van der Waals surface area contributed by atoms with Crippen LogP contribution in [0, 0.1) is 0 Å². The van der Waals surface area contributed by atoms with Gasteiger partial charge in [-0.25, -0.2) is 15.0 Å². The summed E-state index contributed by atoms with van der Waals surface area (Å²) in [4.78, 5) is 14.1. The summed E-state index contributed by atoms with van der Waals surface area (Å²) < 4.78 is 0.958. The standard InChI is InChI=1S/C21H14BrN3/c22-18-14-8-7-13-17(18)21-24-19(15-9-3-1-4-10-15)23-20(25-21)16-11-5-2-6-12-16/h1-14H. The lowest BCUT2D eigenvalue weighted by Crippen LogP contribution is -2.00. The maximum atomic E-state index is 4.71. The topological polar surface area (TPSA) is 38.7 Å². The minimum Gasteiger partial charge on any atom is -0.208 e. The lowest BCUT2D eigenvalue weighted by atomic mass is 10.1. The third-order valence-corrected chi connectivity index (χ3v) is 4.51. The van der Waals surface area contributed by atoms with E-state index in [-0.39, 0.29) is 0 Å². The molecule has 0 aliphatic carbocycles. The van der Waals surface area contributed by atoms with Gasteiger partial charge in [0.15, 0.2) is 17.5 Å². The van der Waals surface area contributed by atoms with E-state index in [2.05, 4.69) is 15.9 Å². The first-order valence-corrected chi connectivity index (χ1v) is 8.72. The van der Waals surface area contributed by atoms with Gasteiger partial charge in [0, 0.05) is 21.2 Å². The zero-order valence-electron chi connectivity index (χ0n) is 13.3. The number of rotatable bonds is 3. The number of nitrogens with zero attached hydrogens (tertiary/aromatic N) is 3. The molecule has 0 radical (unpaired) electrons. The van der Waals surface area contributed by atoms with Crippen LogP contribution in [0.25, 0.3) is 34.2 Å². The van der Waals surface area contributed by atoms with Crippen LogP contribution < -0.4 is 0 Å². The molecule has 3 nitrogen and oxygen atoms in total. The van der Waals surface area contributed by atoms with Crippen LogP contribution >= 0.6 is 15.9 Å². The third kappa shape index (κ3) is 3.35. The molecule has 0 atom stereocenters. The van der Waals surface area contributed by atoms with Crippen LogP contribution in [0.1, 0.15) is 0 Å². The molecule has 4 aromatic rings. The van der Waals surface area contributed by atoms with Gasteiger partial charge in [0.05, 0.1) is 0 Å². The summed E-state index contributed by atoms with van der Waals surface area (Å²) in [6, 6.07) is 27.9. The Kier molecular flexibility index (Phi) is 4.36. The SMILES string of the molecule is Brc1ccccc1-c1nc(-c2ccccc2)nc(-c2ccccc2)n1. The van der Waals surface area contributed by atoms with Crippen LogP contribution in [0.15, 0.2) is 89.4 Å². The fraction of sp³-hybridized carbons (Fsp3) is 0. The van der Waals surface area contributed by atoms with E-state index in [1.54, 1.807) is 0 Å². The summed E-state index contributed by atoms with van der Waals surface area (Å²) in [5.41, 5.74) is 2.88. The van der Waals surface area contributed by atoms with Crippen molar-refractivity contribution < 1.29 is 0 Å². The van der Waals surface area contributed by atoms with Crippen molar-refractivity contribution in [3.8, 4) is 34.2 Å². The molecule has 0 aliphatic heterocycles. The molecular formula is C21H14BrN3. The van der Waals surface area contributed by atoms with Gasteiger partial charge in [-0.05, 0) is 6.07 Å². The Morgan fingerprint density at radius 2 is 0.920 bits per heavy atom. The molecule has 25 heavy (non-hydrogen) atoms. The number of halogens is 1. The molecule has 0 spiro atoms. The Hall–Kier alpha value is -2.85. The van der Waals surface area contributed by atoms with Crippen molar-refractivity contribution in [3.63, 3.8) is 0 Å². The second-order valence-corrected chi connectivity index (χ2v) is 6.37. The van der Waals surface area contributed by atoms with Crippen LogP contribution in [-0.2, 0) is 0 Å². The van der Waals surface area contributed by atoms with Crippen molar-refractivity contribution in [2.45, 2.75) is 0 Å². The van der Waals surface area contributed by atoms with E-state index in [1.165, 1.54) is 0 Å². The Bertz CT molecular complexity index is 944. The van der Waals surface area contributed by atoms with Crippen LogP contribution in [-0.4, -0.2) is 15.0 Å². The summed E-state index contributed by atoms with van der Waals surface area (Å²) in [5, 5.41) is 0. The van der Waals surface area contributed by atoms with Gasteiger partial charge in [0.2, 0.25) is 0 Å². The summed E-state index contributed by atoms with van der Waals surface area (Å²) in [6.07, 6.45) is 0. The van der Waals surface area contributed by atoms with Gasteiger partial charge in [-0.1, -0.05) is 94.8 Å². The van der Waals surface area contributed by atoms with Crippen molar-refractivity contribution in [1.29, 1.82) is 0 Å². The first-order chi connectivity index (χ1) is 12.3. The summed E-state index contributed by atoms with van der Waals surface area (Å²) in [5.74, 6) is 1.99. The highest BCUT2D eigenvalue weighted by Crippen LogP contribution is 2.28. The molecule has 4 rings (SSSR count). The smallest absolute Gasteiger partial charge is 0.165 e. The van der Waals surface area contributed by atoms with E-state index in [0.717, 1.165) is 21.2 Å². The summed E-state index contributed by atoms with van der Waals surface area (Å²) >= 11 is 3.59. The highest BCUT2D eigenvalue weighted by Gasteiger charge is 2.13. The van der Waals surface area contributed by atoms with E-state index in [4.69, 9.17) is 15.0 Å². The summed E-state index contributed by atoms with van der Waals surface area (Å²) in [7, 11) is 0. The molecule has 0 saturated carbocycles. The van der Waals surface area contributed by atoms with Gasteiger partial charge >= 0.3 is 0 Å². The zero-order valence-corrected chi connectivity index (χ0v) is 14.9. The monoisotopic (exact) mass is 387 g/mol. The van der Waals surface area contributed by atoms with Crippen LogP contribution in [0.3, 0.4) is 0 Å². The molecule has 0 aliphatic rings. The Morgan fingerprint density at radius 1 is 0.480 bits per heavy atom. The van der Waals surface area contributed by atoms with Crippen molar-refractivity contribution in [2.75, 3.05) is 0 Å². The van der Waals surface area contributed by atoms with E-state index in [9.17, 15) is 0 Å². The predicted octanol–water partition coefficient (Wildman–Crippen LogP) is 5.64. The van der Waals surface area contributed by atoms with Crippen molar-refractivity contribution in [1.82, 2.24) is 15.0 Å². The van der Waals surface area contributed by atoms with E-state index < -0.39 is 0 Å². The molecule has 1 heterocycles. The average molecular weight is 388 g/mol. The van der Waals surface area contributed by atoms with Gasteiger partial charge in [-0.15, -0.1) is 0 Å². The van der Waals surface area contributed by atoms with Crippen LogP contribution in [0.5, 0.6) is 0 Å². The number of hydrogen-bond acceptors (Lipinski definition) is 3. The number of hydrogen-bond donors (Lipinski definition) is 0. The lowest BCUT2D eigenvalue weighted by Gasteiger charge is -2.09. The Labute approximate surface area is 154 Å². The quantitative estimate of drug-likeness (QED) is 0.456. The largest absolute Gasteiger partial charge is 0.208 e. The fourth-order valence-electron chi connectivity index (χ4n) is 2.57. The zero-order chi connectivity index (χ0) is 17.1. The first kappa shape index (κ1) is 15.7. The molecule has 0 amide bonds. The Balaban J connectivity index is 1.94. The molecule has 1 aromatic heterocycles. The molecule has 0 bridgehead atoms. The Morgan fingerprint density at radius 3 is 1.44 bits per heavy atom. The van der Waals surface area contributed by atoms with Gasteiger partial charge in [0.1, 0.15) is 0 Å². The molecular weight excluding hydrogens is 374 g/mol. The first-order valence-electron chi connectivity index (χ1n) is 7.93. The second kappa shape index (κ2) is 6.95. The molecule has 4 heteroatoms. The molecule has 120 valence electrons. The van der Waals surface area contributed by atoms with Crippen LogP contribution in [0.4, 0.5) is 0 Å². The van der Waals surface area contributed by atoms with E-state index in [0.29, 0.717) is 17.5 Å². The van der Waals surface area contributed by atoms with Crippen molar-refractivity contribution in [3.05, 3.63) is 89.4 Å². The fourth-order valence-corrected chi connectivity index (χ4v) is 3.03. The number of aromatic nitrogens is 3. The molecule has 3 aromatic carbocycles. The maximum absolute atomic E-state index is 4.71. The predicted molar refractivity (Wildman–Crippen MR) is 104 cm³/mol. The highest BCUT2D eigenvalue weighted by molar-refractivity contribution is 9.10. The van der Waals surface area contributed by atoms with Gasteiger partial charge in [-0.3, -0.25) is 0 Å². The molecule has 0 unspecified atom stereocenters. The van der Waals surface area contributed by atoms with E-state index >= 15 is 0 Å². The lowest BCUT2D eigenvalue weighted by molar-refractivity contribution is 1.07. The normalized spacial score (nSPS) is 10.6. The van der Waals surface area contributed by atoms with Crippen molar-refractivity contribution in [2.24, 2.45) is 0 Å². The minimum atomic E-state index is 0.653. The van der Waals surface area contributed by atoms with Crippen LogP contribution in [0.2, 0.25) is 0 Å². The van der Waals surface area contributed by atoms with Gasteiger partial charge in [-0.2, -0.15) is 0 Å².